The summed E-state index contributed by atoms with van der Waals surface area (Å²) >= 11 is 6.34. The third-order valence-corrected chi connectivity index (χ3v) is 10.5. The number of para-hydroxylation sites is 1. The fraction of sp³-hybridized carbons (Fsp3) is 0.297. The van der Waals surface area contributed by atoms with Gasteiger partial charge in [-0.25, -0.2) is 8.42 Å². The zero-order valence-electron chi connectivity index (χ0n) is 27.0. The van der Waals surface area contributed by atoms with Gasteiger partial charge >= 0.3 is 0 Å². The summed E-state index contributed by atoms with van der Waals surface area (Å²) in [5.74, 6) is -0.240. The summed E-state index contributed by atoms with van der Waals surface area (Å²) in [4.78, 5) is 30.2. The van der Waals surface area contributed by atoms with E-state index in [1.165, 1.54) is 37.3 Å². The van der Waals surface area contributed by atoms with Crippen molar-refractivity contribution in [2.24, 2.45) is 0 Å². The van der Waals surface area contributed by atoms with Crippen LogP contribution in [0.3, 0.4) is 0 Å². The van der Waals surface area contributed by atoms with Crippen LogP contribution in [0, 0.1) is 0 Å². The van der Waals surface area contributed by atoms with Crippen LogP contribution in [0.2, 0.25) is 5.02 Å². The van der Waals surface area contributed by atoms with Crippen LogP contribution in [0.4, 0.5) is 5.69 Å². The molecule has 0 heterocycles. The molecule has 11 heteroatoms. The number of nitrogens with zero attached hydrogens (tertiary/aromatic N) is 2. The van der Waals surface area contributed by atoms with Crippen molar-refractivity contribution in [3.8, 4) is 11.5 Å². The van der Waals surface area contributed by atoms with E-state index in [0.29, 0.717) is 22.0 Å². The minimum atomic E-state index is -4.31. The first-order valence-electron chi connectivity index (χ1n) is 15.9. The van der Waals surface area contributed by atoms with E-state index in [1.807, 2.05) is 36.4 Å². The first-order valence-corrected chi connectivity index (χ1v) is 17.7. The average molecular weight is 690 g/mol. The van der Waals surface area contributed by atoms with E-state index in [9.17, 15) is 18.0 Å². The highest BCUT2D eigenvalue weighted by Gasteiger charge is 2.36. The molecule has 1 fully saturated rings. The van der Waals surface area contributed by atoms with Gasteiger partial charge in [0.25, 0.3) is 10.0 Å². The molecule has 252 valence electrons. The molecular weight excluding hydrogens is 650 g/mol. The molecule has 0 saturated heterocycles. The van der Waals surface area contributed by atoms with Crippen molar-refractivity contribution in [1.82, 2.24) is 10.2 Å². The Balaban J connectivity index is 1.57. The average Bonchev–Trinajstić information content (AvgIpc) is 3.62. The molecule has 0 radical (unpaired) electrons. The SMILES string of the molecule is COc1ccc(S(=O)(=O)N(CC(=O)N(Cc2cccc(Cl)c2)[C@H](Cc2ccccc2)C(=O)NC2CCCC2)c2ccccc2)cc1OC. The Morgan fingerprint density at radius 1 is 0.833 bits per heavy atom. The van der Waals surface area contributed by atoms with Crippen molar-refractivity contribution in [2.75, 3.05) is 25.1 Å². The number of methoxy groups -OCH3 is 2. The van der Waals surface area contributed by atoms with Crippen molar-refractivity contribution >= 4 is 39.1 Å². The van der Waals surface area contributed by atoms with Crippen LogP contribution in [0.15, 0.2) is 108 Å². The van der Waals surface area contributed by atoms with Gasteiger partial charge in [0, 0.05) is 30.1 Å². The molecule has 0 spiro atoms. The molecule has 0 bridgehead atoms. The molecule has 1 aliphatic carbocycles. The van der Waals surface area contributed by atoms with Gasteiger partial charge in [0.1, 0.15) is 12.6 Å². The number of carbonyl (C=O) groups is 2. The Labute approximate surface area is 287 Å². The maximum Gasteiger partial charge on any atom is 0.264 e. The van der Waals surface area contributed by atoms with E-state index < -0.39 is 28.5 Å². The van der Waals surface area contributed by atoms with Crippen LogP contribution >= 0.6 is 11.6 Å². The summed E-state index contributed by atoms with van der Waals surface area (Å²) in [7, 11) is -1.43. The van der Waals surface area contributed by atoms with Crippen LogP contribution in [0.5, 0.6) is 11.5 Å². The summed E-state index contributed by atoms with van der Waals surface area (Å²) in [6.07, 6.45) is 4.03. The molecule has 4 aromatic rings. The van der Waals surface area contributed by atoms with E-state index in [2.05, 4.69) is 5.32 Å². The molecule has 1 N–H and O–H groups in total. The normalized spacial score (nSPS) is 13.8. The predicted molar refractivity (Wildman–Crippen MR) is 187 cm³/mol. The summed E-state index contributed by atoms with van der Waals surface area (Å²) in [6, 6.07) is 28.4. The second-order valence-corrected chi connectivity index (χ2v) is 14.0. The Hall–Kier alpha value is -4.54. The first kappa shape index (κ1) is 34.8. The van der Waals surface area contributed by atoms with E-state index in [0.717, 1.165) is 35.6 Å². The van der Waals surface area contributed by atoms with Gasteiger partial charge in [-0.15, -0.1) is 0 Å². The van der Waals surface area contributed by atoms with E-state index in [4.69, 9.17) is 21.1 Å². The Morgan fingerprint density at radius 2 is 1.48 bits per heavy atom. The fourth-order valence-electron chi connectivity index (χ4n) is 5.98. The molecule has 0 aliphatic heterocycles. The van der Waals surface area contributed by atoms with Crippen LogP contribution in [-0.4, -0.2) is 58.0 Å². The third kappa shape index (κ3) is 8.48. The monoisotopic (exact) mass is 689 g/mol. The molecule has 0 unspecified atom stereocenters. The standard InChI is InChI=1S/C37H40ClN3O6S/c1-46-34-21-20-32(24-35(34)47-2)48(44,45)41(31-18-7-4-8-19-31)26-36(42)40(25-28-14-11-15-29(38)22-28)33(23-27-12-5-3-6-13-27)37(43)39-30-16-9-10-17-30/h3-8,11-15,18-22,24,30,33H,9-10,16-17,23,25-26H2,1-2H3,(H,39,43)/t33-/m1/s1. The predicted octanol–water partition coefficient (Wildman–Crippen LogP) is 6.25. The molecule has 1 aliphatic rings. The highest BCUT2D eigenvalue weighted by molar-refractivity contribution is 7.92. The van der Waals surface area contributed by atoms with Crippen LogP contribution in [0.25, 0.3) is 0 Å². The zero-order chi connectivity index (χ0) is 34.1. The Kier molecular flexibility index (Phi) is 11.6. The number of hydrogen-bond donors (Lipinski definition) is 1. The highest BCUT2D eigenvalue weighted by atomic mass is 35.5. The minimum Gasteiger partial charge on any atom is -0.493 e. The molecule has 1 atom stereocenters. The van der Waals surface area contributed by atoms with Gasteiger partial charge in [-0.3, -0.25) is 13.9 Å². The first-order chi connectivity index (χ1) is 23.2. The number of sulfonamides is 1. The van der Waals surface area contributed by atoms with Gasteiger partial charge in [-0.05, 0) is 60.4 Å². The van der Waals surface area contributed by atoms with Crippen molar-refractivity contribution in [1.29, 1.82) is 0 Å². The van der Waals surface area contributed by atoms with Gasteiger partial charge in [-0.2, -0.15) is 0 Å². The van der Waals surface area contributed by atoms with E-state index in [-0.39, 0.29) is 35.6 Å². The number of carbonyl (C=O) groups excluding carboxylic acids is 2. The van der Waals surface area contributed by atoms with Crippen LogP contribution in [-0.2, 0) is 32.6 Å². The second-order valence-electron chi connectivity index (χ2n) is 11.7. The summed E-state index contributed by atoms with van der Waals surface area (Å²) in [6.45, 7) is -0.530. The molecule has 2 amide bonds. The number of rotatable bonds is 14. The molecule has 5 rings (SSSR count). The van der Waals surface area contributed by atoms with Gasteiger partial charge in [-0.1, -0.05) is 85.1 Å². The molecule has 9 nitrogen and oxygen atoms in total. The highest BCUT2D eigenvalue weighted by Crippen LogP contribution is 2.32. The Bertz CT molecular complexity index is 1800. The number of benzene rings is 4. The minimum absolute atomic E-state index is 0.0187. The number of nitrogens with one attached hydrogen (secondary N) is 1. The summed E-state index contributed by atoms with van der Waals surface area (Å²) in [5.41, 5.74) is 1.86. The molecule has 4 aromatic carbocycles. The van der Waals surface area contributed by atoms with Crippen molar-refractivity contribution in [2.45, 2.75) is 55.6 Å². The van der Waals surface area contributed by atoms with Crippen molar-refractivity contribution < 1.29 is 27.5 Å². The number of amides is 2. The van der Waals surface area contributed by atoms with Gasteiger partial charge < -0.3 is 19.7 Å². The second kappa shape index (κ2) is 16.0. The van der Waals surface area contributed by atoms with E-state index >= 15 is 0 Å². The number of ether oxygens (including phenoxy) is 2. The summed E-state index contributed by atoms with van der Waals surface area (Å²) < 4.78 is 40.5. The van der Waals surface area contributed by atoms with Crippen LogP contribution in [0.1, 0.15) is 36.8 Å². The fourth-order valence-corrected chi connectivity index (χ4v) is 7.62. The largest absolute Gasteiger partial charge is 0.493 e. The number of halogens is 1. The number of hydrogen-bond acceptors (Lipinski definition) is 6. The lowest BCUT2D eigenvalue weighted by Crippen LogP contribution is -2.54. The quantitative estimate of drug-likeness (QED) is 0.168. The molecular formula is C37H40ClN3O6S. The topological polar surface area (TPSA) is 105 Å². The van der Waals surface area contributed by atoms with Crippen LogP contribution < -0.4 is 19.1 Å². The maximum atomic E-state index is 14.7. The zero-order valence-corrected chi connectivity index (χ0v) is 28.6. The number of anilines is 1. The molecule has 0 aromatic heterocycles. The van der Waals surface area contributed by atoms with Gasteiger partial charge in [0.05, 0.1) is 24.8 Å². The lowest BCUT2D eigenvalue weighted by molar-refractivity contribution is -0.140. The lowest BCUT2D eigenvalue weighted by atomic mass is 10.0. The lowest BCUT2D eigenvalue weighted by Gasteiger charge is -2.34. The molecule has 1 saturated carbocycles. The third-order valence-electron chi connectivity index (χ3n) is 8.48. The van der Waals surface area contributed by atoms with Crippen molar-refractivity contribution in [3.05, 3.63) is 119 Å². The van der Waals surface area contributed by atoms with Crippen molar-refractivity contribution in [3.63, 3.8) is 0 Å². The maximum absolute atomic E-state index is 14.7. The summed E-state index contributed by atoms with van der Waals surface area (Å²) in [5, 5.41) is 3.66. The Morgan fingerprint density at radius 3 is 2.12 bits per heavy atom. The smallest absolute Gasteiger partial charge is 0.264 e. The van der Waals surface area contributed by atoms with Gasteiger partial charge in [0.15, 0.2) is 11.5 Å². The van der Waals surface area contributed by atoms with E-state index in [1.54, 1.807) is 48.5 Å². The van der Waals surface area contributed by atoms with Gasteiger partial charge in [0.2, 0.25) is 11.8 Å². The molecule has 48 heavy (non-hydrogen) atoms.